The fourth-order valence-electron chi connectivity index (χ4n) is 9.75. The van der Waals surface area contributed by atoms with Gasteiger partial charge in [-0.3, -0.25) is 18.1 Å². The summed E-state index contributed by atoms with van der Waals surface area (Å²) < 4.78 is 55.8. The average molecular weight is 857 g/mol. The Bertz CT molecular complexity index is 1100. The lowest BCUT2D eigenvalue weighted by Gasteiger charge is -2.60. The summed E-state index contributed by atoms with van der Waals surface area (Å²) in [5.74, 6) is 0. The van der Waals surface area contributed by atoms with Gasteiger partial charge in [0.25, 0.3) is 10.1 Å². The third kappa shape index (κ3) is 23.6. The molecule has 0 amide bonds. The predicted octanol–water partition coefficient (Wildman–Crippen LogP) is 11.8. The highest BCUT2D eigenvalue weighted by Gasteiger charge is 2.64. The van der Waals surface area contributed by atoms with Gasteiger partial charge in [0.2, 0.25) is 5.66 Å². The summed E-state index contributed by atoms with van der Waals surface area (Å²) in [6, 6.07) is 0. The molecule has 10 nitrogen and oxygen atoms in total. The van der Waals surface area contributed by atoms with E-state index in [0.717, 1.165) is 44.9 Å². The molecule has 0 saturated carbocycles. The van der Waals surface area contributed by atoms with Gasteiger partial charge in [0.15, 0.2) is 4.99 Å². The molecule has 0 aromatic heterocycles. The van der Waals surface area contributed by atoms with E-state index in [0.29, 0.717) is 48.0 Å². The maximum absolute atomic E-state index is 13.0. The highest BCUT2D eigenvalue weighted by atomic mass is 32.2. The molecule has 0 rings (SSSR count). The average Bonchev–Trinajstić information content (AvgIpc) is 3.12. The number of hydrogen-bond acceptors (Lipinski definition) is 5. The van der Waals surface area contributed by atoms with Crippen LogP contribution in [-0.4, -0.2) is 107 Å². The SMILES string of the molecule is CCCCCCCCCCCCCCCC[N+](C)(C)C(CCC)(CC(P(=O)(O)O)S(=O)(=O)O)[N+](CCC)(CCC)CC(O)COCCCCCCCCCCCC. The Morgan fingerprint density at radius 2 is 0.965 bits per heavy atom. The molecule has 3 atom stereocenters. The number of quaternary nitrogens is 2. The van der Waals surface area contributed by atoms with E-state index in [2.05, 4.69) is 41.8 Å². The van der Waals surface area contributed by atoms with Crippen molar-refractivity contribution in [1.82, 2.24) is 0 Å². The number of rotatable bonds is 42. The van der Waals surface area contributed by atoms with Gasteiger partial charge < -0.3 is 19.6 Å². The van der Waals surface area contributed by atoms with E-state index in [1.54, 1.807) is 0 Å². The molecule has 0 fully saturated rings. The Hall–Kier alpha value is -0.100. The van der Waals surface area contributed by atoms with Crippen LogP contribution in [0.25, 0.3) is 0 Å². The fraction of sp³-hybridized carbons (Fsp3) is 1.00. The topological polar surface area (TPSA) is 141 Å². The second kappa shape index (κ2) is 32.6. The molecule has 0 aromatic rings. The summed E-state index contributed by atoms with van der Waals surface area (Å²) in [6.07, 6.45) is 31.1. The second-order valence-corrected chi connectivity index (χ2v) is 21.9. The van der Waals surface area contributed by atoms with Gasteiger partial charge in [0.05, 0.1) is 53.2 Å². The van der Waals surface area contributed by atoms with Gasteiger partial charge in [0, 0.05) is 6.61 Å². The van der Waals surface area contributed by atoms with E-state index < -0.39 is 40.9 Å². The van der Waals surface area contributed by atoms with Crippen LogP contribution in [0.2, 0.25) is 0 Å². The van der Waals surface area contributed by atoms with Crippen molar-refractivity contribution >= 4 is 17.7 Å². The number of unbranched alkanes of at least 4 members (excludes halogenated alkanes) is 22. The monoisotopic (exact) mass is 857 g/mol. The first kappa shape index (κ1) is 56.9. The molecule has 0 heterocycles. The van der Waals surface area contributed by atoms with Crippen molar-refractivity contribution in [2.45, 2.75) is 238 Å². The summed E-state index contributed by atoms with van der Waals surface area (Å²) in [5, 5.41) is 11.7. The van der Waals surface area contributed by atoms with E-state index in [4.69, 9.17) is 4.74 Å². The molecular weight excluding hydrogens is 760 g/mol. The van der Waals surface area contributed by atoms with Gasteiger partial charge in [-0.25, -0.2) is 0 Å². The molecule has 0 radical (unpaired) electrons. The van der Waals surface area contributed by atoms with Gasteiger partial charge in [-0.2, -0.15) is 8.42 Å². The lowest BCUT2D eigenvalue weighted by Crippen LogP contribution is -2.79. The molecule has 57 heavy (non-hydrogen) atoms. The zero-order valence-corrected chi connectivity index (χ0v) is 40.3. The van der Waals surface area contributed by atoms with Crippen molar-refractivity contribution in [3.05, 3.63) is 0 Å². The van der Waals surface area contributed by atoms with Gasteiger partial charge in [0.1, 0.15) is 12.6 Å². The van der Waals surface area contributed by atoms with Crippen LogP contribution in [0.1, 0.15) is 221 Å². The highest BCUT2D eigenvalue weighted by molar-refractivity contribution is 7.93. The van der Waals surface area contributed by atoms with Crippen molar-refractivity contribution in [2.75, 3.05) is 53.5 Å². The minimum atomic E-state index is -5.28. The zero-order valence-electron chi connectivity index (χ0n) is 38.6. The summed E-state index contributed by atoms with van der Waals surface area (Å²) in [6.45, 7) is 13.6. The first-order valence-electron chi connectivity index (χ1n) is 24.0. The molecule has 3 unspecified atom stereocenters. The smallest absolute Gasteiger partial charge is 0.346 e. The molecule has 0 aliphatic carbocycles. The van der Waals surface area contributed by atoms with E-state index in [-0.39, 0.29) is 13.2 Å². The first-order valence-corrected chi connectivity index (χ1v) is 27.2. The third-order valence-electron chi connectivity index (χ3n) is 12.8. The van der Waals surface area contributed by atoms with Crippen LogP contribution in [-0.2, 0) is 19.4 Å². The van der Waals surface area contributed by atoms with Gasteiger partial charge in [-0.15, -0.1) is 0 Å². The Labute approximate surface area is 353 Å². The number of ether oxygens (including phenoxy) is 1. The van der Waals surface area contributed by atoms with Gasteiger partial charge >= 0.3 is 7.60 Å². The number of nitrogens with zero attached hydrogens (tertiary/aromatic N) is 2. The van der Waals surface area contributed by atoms with Crippen LogP contribution in [0.15, 0.2) is 0 Å². The second-order valence-electron chi connectivity index (χ2n) is 18.2. The molecule has 0 saturated heterocycles. The van der Waals surface area contributed by atoms with Crippen LogP contribution >= 0.6 is 7.60 Å². The number of aliphatic hydroxyl groups is 1. The van der Waals surface area contributed by atoms with Crippen molar-refractivity contribution < 1.29 is 46.1 Å². The molecular formula is C45H97N2O8PS+2. The van der Waals surface area contributed by atoms with Crippen LogP contribution < -0.4 is 0 Å². The summed E-state index contributed by atoms with van der Waals surface area (Å²) in [7, 11) is -6.24. The van der Waals surface area contributed by atoms with E-state index >= 15 is 0 Å². The highest BCUT2D eigenvalue weighted by Crippen LogP contribution is 2.52. The van der Waals surface area contributed by atoms with Crippen molar-refractivity contribution in [3.63, 3.8) is 0 Å². The fourth-order valence-corrected chi connectivity index (χ4v) is 12.1. The number of hydrogen-bond donors (Lipinski definition) is 4. The molecule has 12 heteroatoms. The van der Waals surface area contributed by atoms with E-state index in [1.807, 2.05) is 6.92 Å². The molecule has 0 aliphatic heterocycles. The molecule has 4 N–H and O–H groups in total. The van der Waals surface area contributed by atoms with Gasteiger partial charge in [-0.05, 0) is 38.5 Å². The maximum atomic E-state index is 13.0. The summed E-state index contributed by atoms with van der Waals surface area (Å²) >= 11 is 0. The van der Waals surface area contributed by atoms with E-state index in [9.17, 15) is 32.4 Å². The van der Waals surface area contributed by atoms with Gasteiger partial charge in [-0.1, -0.05) is 169 Å². The Morgan fingerprint density at radius 1 is 0.579 bits per heavy atom. The zero-order chi connectivity index (χ0) is 43.1. The Kier molecular flexibility index (Phi) is 32.5. The number of aliphatic hydroxyl groups excluding tert-OH is 1. The van der Waals surface area contributed by atoms with Crippen LogP contribution in [0.3, 0.4) is 0 Å². The first-order chi connectivity index (χ1) is 27.0. The lowest BCUT2D eigenvalue weighted by atomic mass is 9.88. The largest absolute Gasteiger partial charge is 0.385 e. The summed E-state index contributed by atoms with van der Waals surface area (Å²) in [5.41, 5.74) is -1.02. The standard InChI is InChI=1S/C45H95N2O8PS/c1-8-13-15-17-19-21-23-24-25-26-27-29-31-33-38-46(6,7)45(35-10-3,40-44(56(49,50)51)57(52,53)54)47(36-11-4,37-12-5)41-43(48)42-55-39-34-32-30-28-22-20-18-16-14-9-2/h43-44,48H,8-42H2,1-7H3,(H-2,49,50,51,52,53,54)/p+2. The van der Waals surface area contributed by atoms with Crippen molar-refractivity contribution in [3.8, 4) is 0 Å². The Morgan fingerprint density at radius 3 is 1.32 bits per heavy atom. The van der Waals surface area contributed by atoms with Crippen molar-refractivity contribution in [1.29, 1.82) is 0 Å². The summed E-state index contributed by atoms with van der Waals surface area (Å²) in [4.78, 5) is 18.7. The third-order valence-corrected chi connectivity index (χ3v) is 16.2. The maximum Gasteiger partial charge on any atom is 0.346 e. The minimum absolute atomic E-state index is 0.152. The van der Waals surface area contributed by atoms with E-state index in [1.165, 1.54) is 122 Å². The van der Waals surface area contributed by atoms with Crippen LogP contribution in [0, 0.1) is 0 Å². The molecule has 0 bridgehead atoms. The molecule has 0 spiro atoms. The predicted molar refractivity (Wildman–Crippen MR) is 241 cm³/mol. The molecule has 344 valence electrons. The molecule has 0 aliphatic rings. The normalized spacial score (nSPS) is 15.2. The van der Waals surface area contributed by atoms with Crippen LogP contribution in [0.5, 0.6) is 0 Å². The van der Waals surface area contributed by atoms with Crippen LogP contribution in [0.4, 0.5) is 0 Å². The van der Waals surface area contributed by atoms with Crippen molar-refractivity contribution in [2.24, 2.45) is 0 Å². The Balaban J connectivity index is 5.93. The minimum Gasteiger partial charge on any atom is -0.385 e. The molecule has 0 aromatic carbocycles. The lowest BCUT2D eigenvalue weighted by molar-refractivity contribution is -1.16. The quantitative estimate of drug-likeness (QED) is 0.0156.